The van der Waals surface area contributed by atoms with Crippen LogP contribution in [0.2, 0.25) is 0 Å². The summed E-state index contributed by atoms with van der Waals surface area (Å²) in [6, 6.07) is 4.09. The molecule has 2 unspecified atom stereocenters. The Kier molecular flexibility index (Phi) is 4.07. The number of aliphatic hydroxyl groups is 1. The van der Waals surface area contributed by atoms with Crippen LogP contribution in [0.15, 0.2) is 16.6 Å². The molecule has 2 atom stereocenters. The van der Waals surface area contributed by atoms with Crippen LogP contribution in [-0.2, 0) is 17.6 Å². The Bertz CT molecular complexity index is 406. The molecule has 1 N–H and O–H groups in total. The van der Waals surface area contributed by atoms with Crippen LogP contribution in [0.1, 0.15) is 18.1 Å². The fourth-order valence-corrected chi connectivity index (χ4v) is 2.60. The van der Waals surface area contributed by atoms with E-state index < -0.39 is 6.10 Å². The molecule has 3 nitrogen and oxygen atoms in total. The summed E-state index contributed by atoms with van der Waals surface area (Å²) < 4.78 is 11.8. The van der Waals surface area contributed by atoms with Crippen molar-refractivity contribution < 1.29 is 14.6 Å². The molecule has 0 spiro atoms. The molecule has 0 saturated carbocycles. The Balaban J connectivity index is 2.21. The second kappa shape index (κ2) is 5.38. The molecule has 17 heavy (non-hydrogen) atoms. The molecule has 1 aliphatic heterocycles. The lowest BCUT2D eigenvalue weighted by Crippen LogP contribution is -2.27. The number of aliphatic hydroxyl groups excluding tert-OH is 1. The van der Waals surface area contributed by atoms with Crippen molar-refractivity contribution in [2.45, 2.75) is 32.0 Å². The fourth-order valence-electron chi connectivity index (χ4n) is 2.05. The molecule has 0 aromatic heterocycles. The van der Waals surface area contributed by atoms with Gasteiger partial charge in [0.2, 0.25) is 0 Å². The van der Waals surface area contributed by atoms with Crippen LogP contribution in [0.4, 0.5) is 0 Å². The second-order valence-corrected chi connectivity index (χ2v) is 5.28. The smallest absolute Gasteiger partial charge is 0.125 e. The van der Waals surface area contributed by atoms with Gasteiger partial charge in [-0.1, -0.05) is 15.9 Å². The first-order chi connectivity index (χ1) is 8.11. The molecule has 0 saturated heterocycles. The number of halogens is 1. The Morgan fingerprint density at radius 3 is 3.00 bits per heavy atom. The van der Waals surface area contributed by atoms with Crippen molar-refractivity contribution in [2.75, 3.05) is 13.7 Å². The van der Waals surface area contributed by atoms with E-state index in [0.717, 1.165) is 28.8 Å². The van der Waals surface area contributed by atoms with Gasteiger partial charge in [-0.05, 0) is 30.2 Å². The number of hydrogen-bond acceptors (Lipinski definition) is 3. The first-order valence-electron chi connectivity index (χ1n) is 5.76. The van der Waals surface area contributed by atoms with Crippen molar-refractivity contribution in [2.24, 2.45) is 0 Å². The van der Waals surface area contributed by atoms with Crippen molar-refractivity contribution in [3.63, 3.8) is 0 Å². The predicted molar refractivity (Wildman–Crippen MR) is 69.5 cm³/mol. The first-order valence-corrected chi connectivity index (χ1v) is 6.56. The Labute approximate surface area is 110 Å². The highest BCUT2D eigenvalue weighted by Crippen LogP contribution is 2.33. The summed E-state index contributed by atoms with van der Waals surface area (Å²) >= 11 is 3.49. The van der Waals surface area contributed by atoms with E-state index >= 15 is 0 Å². The third-order valence-corrected chi connectivity index (χ3v) is 3.63. The normalized spacial score (nSPS) is 17.4. The standard InChI is InChI=1S/C13H17BrO3/c1-8(16-2)12(15)7-10-6-11(14)5-9-3-4-17-13(9)10/h5-6,8,12,15H,3-4,7H2,1-2H3. The van der Waals surface area contributed by atoms with Gasteiger partial charge in [0.15, 0.2) is 0 Å². The van der Waals surface area contributed by atoms with Crippen LogP contribution in [0, 0.1) is 0 Å². The molecule has 0 radical (unpaired) electrons. The lowest BCUT2D eigenvalue weighted by atomic mass is 10.0. The van der Waals surface area contributed by atoms with Gasteiger partial charge >= 0.3 is 0 Å². The lowest BCUT2D eigenvalue weighted by molar-refractivity contribution is 0.000169. The van der Waals surface area contributed by atoms with Crippen molar-refractivity contribution >= 4 is 15.9 Å². The molecular formula is C13H17BrO3. The first kappa shape index (κ1) is 12.9. The van der Waals surface area contributed by atoms with Crippen LogP contribution >= 0.6 is 15.9 Å². The zero-order valence-corrected chi connectivity index (χ0v) is 11.7. The summed E-state index contributed by atoms with van der Waals surface area (Å²) in [6.07, 6.45) is 0.808. The highest BCUT2D eigenvalue weighted by Gasteiger charge is 2.21. The zero-order chi connectivity index (χ0) is 12.4. The number of rotatable bonds is 4. The molecular weight excluding hydrogens is 284 g/mol. The third kappa shape index (κ3) is 2.81. The van der Waals surface area contributed by atoms with Crippen LogP contribution in [0.3, 0.4) is 0 Å². The monoisotopic (exact) mass is 300 g/mol. The van der Waals surface area contributed by atoms with Gasteiger partial charge in [-0.25, -0.2) is 0 Å². The van der Waals surface area contributed by atoms with Crippen molar-refractivity contribution in [1.82, 2.24) is 0 Å². The molecule has 4 heteroatoms. The van der Waals surface area contributed by atoms with Crippen LogP contribution in [0.5, 0.6) is 5.75 Å². The highest BCUT2D eigenvalue weighted by atomic mass is 79.9. The van der Waals surface area contributed by atoms with Gasteiger partial charge in [-0.15, -0.1) is 0 Å². The number of methoxy groups -OCH3 is 1. The van der Waals surface area contributed by atoms with Crippen molar-refractivity contribution in [1.29, 1.82) is 0 Å². The lowest BCUT2D eigenvalue weighted by Gasteiger charge is -2.18. The van der Waals surface area contributed by atoms with Gasteiger partial charge in [-0.3, -0.25) is 0 Å². The number of fused-ring (bicyclic) bond motifs is 1. The fraction of sp³-hybridized carbons (Fsp3) is 0.538. The van der Waals surface area contributed by atoms with Crippen molar-refractivity contribution in [3.8, 4) is 5.75 Å². The minimum atomic E-state index is -0.511. The van der Waals surface area contributed by atoms with Crippen LogP contribution in [-0.4, -0.2) is 31.0 Å². The van der Waals surface area contributed by atoms with E-state index in [9.17, 15) is 5.11 Å². The topological polar surface area (TPSA) is 38.7 Å². The average molecular weight is 301 g/mol. The maximum absolute atomic E-state index is 10.00. The van der Waals surface area contributed by atoms with Gasteiger partial charge in [0.1, 0.15) is 5.75 Å². The van der Waals surface area contributed by atoms with Gasteiger partial charge < -0.3 is 14.6 Å². The Hall–Kier alpha value is -0.580. The predicted octanol–water partition coefficient (Wildman–Crippen LogP) is 2.32. The van der Waals surface area contributed by atoms with Gasteiger partial charge in [0.25, 0.3) is 0 Å². The van der Waals surface area contributed by atoms with E-state index in [-0.39, 0.29) is 6.10 Å². The largest absolute Gasteiger partial charge is 0.493 e. The number of benzene rings is 1. The van der Waals surface area contributed by atoms with E-state index in [1.807, 2.05) is 13.0 Å². The summed E-state index contributed by atoms with van der Waals surface area (Å²) in [6.45, 7) is 2.60. The van der Waals surface area contributed by atoms with Crippen LogP contribution in [0.25, 0.3) is 0 Å². The molecule has 0 fully saturated rings. The van der Waals surface area contributed by atoms with Gasteiger partial charge in [-0.2, -0.15) is 0 Å². The van der Waals surface area contributed by atoms with E-state index in [2.05, 4.69) is 22.0 Å². The van der Waals surface area contributed by atoms with E-state index in [1.165, 1.54) is 5.56 Å². The maximum Gasteiger partial charge on any atom is 0.125 e. The Morgan fingerprint density at radius 1 is 1.53 bits per heavy atom. The van der Waals surface area contributed by atoms with Crippen molar-refractivity contribution in [3.05, 3.63) is 27.7 Å². The van der Waals surface area contributed by atoms with E-state index in [0.29, 0.717) is 6.42 Å². The van der Waals surface area contributed by atoms with Gasteiger partial charge in [0.05, 0.1) is 18.8 Å². The summed E-state index contributed by atoms with van der Waals surface area (Å²) in [4.78, 5) is 0. The summed E-state index contributed by atoms with van der Waals surface area (Å²) in [5.74, 6) is 0.940. The quantitative estimate of drug-likeness (QED) is 0.927. The average Bonchev–Trinajstić information content (AvgIpc) is 2.75. The molecule has 1 aromatic rings. The highest BCUT2D eigenvalue weighted by molar-refractivity contribution is 9.10. The molecule has 1 aliphatic rings. The minimum absolute atomic E-state index is 0.175. The molecule has 0 bridgehead atoms. The molecule has 94 valence electrons. The summed E-state index contributed by atoms with van der Waals surface area (Å²) in [5.41, 5.74) is 2.26. The van der Waals surface area contributed by atoms with Crippen LogP contribution < -0.4 is 4.74 Å². The third-order valence-electron chi connectivity index (χ3n) is 3.17. The van der Waals surface area contributed by atoms with E-state index in [4.69, 9.17) is 9.47 Å². The molecule has 0 aliphatic carbocycles. The number of hydrogen-bond donors (Lipinski definition) is 1. The maximum atomic E-state index is 10.00. The molecule has 1 heterocycles. The number of ether oxygens (including phenoxy) is 2. The van der Waals surface area contributed by atoms with E-state index in [1.54, 1.807) is 7.11 Å². The van der Waals surface area contributed by atoms with Gasteiger partial charge in [0, 0.05) is 24.4 Å². The minimum Gasteiger partial charge on any atom is -0.493 e. The molecule has 1 aromatic carbocycles. The summed E-state index contributed by atoms with van der Waals surface area (Å²) in [7, 11) is 1.61. The SMILES string of the molecule is COC(C)C(O)Cc1cc(Br)cc2c1OCC2. The summed E-state index contributed by atoms with van der Waals surface area (Å²) in [5, 5.41) is 10.00. The Morgan fingerprint density at radius 2 is 2.29 bits per heavy atom. The second-order valence-electron chi connectivity index (χ2n) is 4.36. The molecule has 0 amide bonds. The zero-order valence-electron chi connectivity index (χ0n) is 10.1. The molecule has 2 rings (SSSR count).